The van der Waals surface area contributed by atoms with Gasteiger partial charge in [0.25, 0.3) is 5.56 Å². The SMILES string of the molecule is Cc1cc(C=Nn2c(-c3cc4cc(Cl)ccc4o3)nc3ccccc3c2=O)c(C)n1-c1ccc(OCc2ccccc2)cc1. The molecule has 0 spiro atoms. The third kappa shape index (κ3) is 5.18. The molecule has 0 unspecified atom stereocenters. The lowest BCUT2D eigenvalue weighted by Crippen LogP contribution is -2.20. The number of benzene rings is 4. The molecule has 0 saturated carbocycles. The summed E-state index contributed by atoms with van der Waals surface area (Å²) in [5, 5.41) is 6.53. The summed E-state index contributed by atoms with van der Waals surface area (Å²) in [5.74, 6) is 1.52. The number of rotatable bonds is 7. The number of aromatic nitrogens is 3. The Labute approximate surface area is 258 Å². The molecule has 0 aliphatic heterocycles. The molecule has 0 N–H and O–H groups in total. The minimum absolute atomic E-state index is 0.291. The Kier molecular flexibility index (Phi) is 7.08. The Morgan fingerprint density at radius 2 is 1.68 bits per heavy atom. The fourth-order valence-corrected chi connectivity index (χ4v) is 5.56. The van der Waals surface area contributed by atoms with E-state index in [9.17, 15) is 4.79 Å². The third-order valence-electron chi connectivity index (χ3n) is 7.58. The van der Waals surface area contributed by atoms with Gasteiger partial charge in [0.2, 0.25) is 5.82 Å². The first-order valence-electron chi connectivity index (χ1n) is 14.2. The number of halogens is 1. The van der Waals surface area contributed by atoms with Crippen molar-refractivity contribution >= 4 is 39.7 Å². The third-order valence-corrected chi connectivity index (χ3v) is 7.81. The van der Waals surface area contributed by atoms with Gasteiger partial charge in [-0.2, -0.15) is 9.78 Å². The summed E-state index contributed by atoms with van der Waals surface area (Å²) in [5.41, 5.74) is 5.90. The van der Waals surface area contributed by atoms with Gasteiger partial charge < -0.3 is 13.7 Å². The van der Waals surface area contributed by atoms with Gasteiger partial charge >= 0.3 is 0 Å². The molecule has 3 heterocycles. The Hall–Kier alpha value is -5.40. The molecule has 0 aliphatic rings. The maximum Gasteiger partial charge on any atom is 0.282 e. The first kappa shape index (κ1) is 27.4. The van der Waals surface area contributed by atoms with Crippen LogP contribution in [0.1, 0.15) is 22.5 Å². The molecule has 44 heavy (non-hydrogen) atoms. The second-order valence-corrected chi connectivity index (χ2v) is 11.0. The van der Waals surface area contributed by atoms with Crippen molar-refractivity contribution in [1.82, 2.24) is 14.2 Å². The normalized spacial score (nSPS) is 11.6. The standard InChI is InChI=1S/C36H27ClN4O3/c1-23-18-27(24(2)40(23)29-13-15-30(16-14-29)43-22-25-8-4-3-5-9-25)21-38-41-35(39-32-11-7-6-10-31(32)36(41)42)34-20-26-19-28(37)12-17-33(26)44-34/h3-21H,22H2,1-2H3. The summed E-state index contributed by atoms with van der Waals surface area (Å²) in [6, 6.07) is 34.5. The van der Waals surface area contributed by atoms with E-state index in [-0.39, 0.29) is 5.56 Å². The van der Waals surface area contributed by atoms with E-state index in [1.807, 2.05) is 98.8 Å². The first-order valence-corrected chi connectivity index (χ1v) is 14.5. The van der Waals surface area contributed by atoms with Crippen LogP contribution < -0.4 is 10.3 Å². The molecular formula is C36H27ClN4O3. The molecule has 0 saturated heterocycles. The van der Waals surface area contributed by atoms with E-state index in [0.717, 1.165) is 39.3 Å². The molecule has 7 nitrogen and oxygen atoms in total. The summed E-state index contributed by atoms with van der Waals surface area (Å²) in [6.07, 6.45) is 1.69. The van der Waals surface area contributed by atoms with Crippen molar-refractivity contribution in [3.05, 3.63) is 147 Å². The van der Waals surface area contributed by atoms with E-state index in [1.165, 1.54) is 4.68 Å². The van der Waals surface area contributed by atoms with Crippen LogP contribution in [0, 0.1) is 13.8 Å². The topological polar surface area (TPSA) is 74.5 Å². The lowest BCUT2D eigenvalue weighted by atomic mass is 10.2. The molecule has 0 aliphatic carbocycles. The van der Waals surface area contributed by atoms with E-state index >= 15 is 0 Å². The highest BCUT2D eigenvalue weighted by molar-refractivity contribution is 6.31. The molecule has 7 aromatic rings. The Morgan fingerprint density at radius 1 is 0.909 bits per heavy atom. The van der Waals surface area contributed by atoms with Crippen molar-refractivity contribution in [3.63, 3.8) is 0 Å². The van der Waals surface area contributed by atoms with Crippen molar-refractivity contribution in [3.8, 4) is 23.0 Å². The number of nitrogens with zero attached hydrogens (tertiary/aromatic N) is 4. The molecule has 3 aromatic heterocycles. The van der Waals surface area contributed by atoms with Crippen molar-refractivity contribution in [2.45, 2.75) is 20.5 Å². The van der Waals surface area contributed by atoms with Gasteiger partial charge in [0.05, 0.1) is 17.1 Å². The Morgan fingerprint density at radius 3 is 2.50 bits per heavy atom. The molecule has 4 aromatic carbocycles. The highest BCUT2D eigenvalue weighted by Crippen LogP contribution is 2.29. The minimum Gasteiger partial charge on any atom is -0.489 e. The van der Waals surface area contributed by atoms with Gasteiger partial charge in [-0.05, 0) is 86.1 Å². The van der Waals surface area contributed by atoms with E-state index in [4.69, 9.17) is 25.7 Å². The van der Waals surface area contributed by atoms with Crippen LogP contribution in [0.4, 0.5) is 0 Å². The molecule has 0 bridgehead atoms. The lowest BCUT2D eigenvalue weighted by molar-refractivity contribution is 0.306. The number of para-hydroxylation sites is 1. The number of fused-ring (bicyclic) bond motifs is 2. The van der Waals surface area contributed by atoms with Crippen LogP contribution in [-0.4, -0.2) is 20.4 Å². The molecular weight excluding hydrogens is 572 g/mol. The van der Waals surface area contributed by atoms with Crippen molar-refractivity contribution in [2.75, 3.05) is 0 Å². The highest BCUT2D eigenvalue weighted by atomic mass is 35.5. The maximum absolute atomic E-state index is 13.7. The summed E-state index contributed by atoms with van der Waals surface area (Å²) in [7, 11) is 0. The monoisotopic (exact) mass is 598 g/mol. The van der Waals surface area contributed by atoms with Crippen molar-refractivity contribution in [2.24, 2.45) is 5.10 Å². The number of hydrogen-bond donors (Lipinski definition) is 0. The van der Waals surface area contributed by atoms with E-state index in [2.05, 4.69) is 9.67 Å². The van der Waals surface area contributed by atoms with Crippen LogP contribution in [0.5, 0.6) is 5.75 Å². The molecule has 0 atom stereocenters. The van der Waals surface area contributed by atoms with Gasteiger partial charge in [-0.25, -0.2) is 4.98 Å². The second-order valence-electron chi connectivity index (χ2n) is 10.5. The second kappa shape index (κ2) is 11.4. The van der Waals surface area contributed by atoms with Crippen LogP contribution in [0.15, 0.2) is 124 Å². The molecule has 0 radical (unpaired) electrons. The van der Waals surface area contributed by atoms with Gasteiger partial charge in [0.15, 0.2) is 5.76 Å². The molecule has 7 rings (SSSR count). The number of furan rings is 1. The van der Waals surface area contributed by atoms with Gasteiger partial charge in [-0.3, -0.25) is 4.79 Å². The molecule has 0 fully saturated rings. The summed E-state index contributed by atoms with van der Waals surface area (Å²) >= 11 is 6.20. The quantitative estimate of drug-likeness (QED) is 0.173. The first-order chi connectivity index (χ1) is 21.4. The van der Waals surface area contributed by atoms with Gasteiger partial charge in [-0.1, -0.05) is 54.1 Å². The van der Waals surface area contributed by atoms with Gasteiger partial charge in [0.1, 0.15) is 17.9 Å². The highest BCUT2D eigenvalue weighted by Gasteiger charge is 2.17. The minimum atomic E-state index is -0.291. The predicted octanol–water partition coefficient (Wildman–Crippen LogP) is 8.33. The lowest BCUT2D eigenvalue weighted by Gasteiger charge is -2.11. The van der Waals surface area contributed by atoms with Crippen molar-refractivity contribution in [1.29, 1.82) is 0 Å². The average molecular weight is 599 g/mol. The van der Waals surface area contributed by atoms with E-state index < -0.39 is 0 Å². The number of aryl methyl sites for hydroxylation is 1. The van der Waals surface area contributed by atoms with Gasteiger partial charge in [-0.15, -0.1) is 0 Å². The van der Waals surface area contributed by atoms with Crippen molar-refractivity contribution < 1.29 is 9.15 Å². The van der Waals surface area contributed by atoms with Crippen LogP contribution in [-0.2, 0) is 6.61 Å². The zero-order valence-corrected chi connectivity index (χ0v) is 24.8. The van der Waals surface area contributed by atoms with Gasteiger partial charge in [0, 0.05) is 33.0 Å². The molecule has 8 heteroatoms. The van der Waals surface area contributed by atoms with E-state index in [1.54, 1.807) is 30.5 Å². The fraction of sp³-hybridized carbons (Fsp3) is 0.0833. The Balaban J connectivity index is 1.23. The summed E-state index contributed by atoms with van der Waals surface area (Å²) in [4.78, 5) is 18.5. The molecule has 0 amide bonds. The Bertz CT molecular complexity index is 2230. The predicted molar refractivity (Wildman–Crippen MR) is 175 cm³/mol. The zero-order valence-electron chi connectivity index (χ0n) is 24.1. The summed E-state index contributed by atoms with van der Waals surface area (Å²) < 4.78 is 15.5. The fourth-order valence-electron chi connectivity index (χ4n) is 5.38. The number of hydrogen-bond acceptors (Lipinski definition) is 5. The van der Waals surface area contributed by atoms with Crippen LogP contribution in [0.25, 0.3) is 39.1 Å². The smallest absolute Gasteiger partial charge is 0.282 e. The largest absolute Gasteiger partial charge is 0.489 e. The summed E-state index contributed by atoms with van der Waals surface area (Å²) in [6.45, 7) is 4.58. The van der Waals surface area contributed by atoms with Crippen LogP contribution in [0.3, 0.4) is 0 Å². The number of ether oxygens (including phenoxy) is 1. The van der Waals surface area contributed by atoms with Crippen LogP contribution in [0.2, 0.25) is 5.02 Å². The van der Waals surface area contributed by atoms with E-state index in [0.29, 0.717) is 39.7 Å². The molecule has 216 valence electrons. The maximum atomic E-state index is 13.7. The van der Waals surface area contributed by atoms with Crippen LogP contribution >= 0.6 is 11.6 Å². The zero-order chi connectivity index (χ0) is 30.2. The average Bonchev–Trinajstić information content (AvgIpc) is 3.59.